The minimum atomic E-state index is -0.361. The number of fused-ring (bicyclic) bond motifs is 1. The van der Waals surface area contributed by atoms with E-state index in [0.29, 0.717) is 10.6 Å². The van der Waals surface area contributed by atoms with E-state index in [2.05, 4.69) is 43.6 Å². The average Bonchev–Trinajstić information content (AvgIpc) is 2.95. The monoisotopic (exact) mass is 413 g/mol. The topological polar surface area (TPSA) is 83.1 Å². The Labute approximate surface area is 175 Å². The lowest BCUT2D eigenvalue weighted by atomic mass is 9.74. The lowest BCUT2D eigenvalue weighted by Crippen LogP contribution is -2.46. The van der Waals surface area contributed by atoms with Crippen LogP contribution in [0, 0.1) is 10.1 Å². The number of rotatable bonds is 2. The van der Waals surface area contributed by atoms with Gasteiger partial charge in [-0.05, 0) is 51.2 Å². The Morgan fingerprint density at radius 3 is 2.69 bits per heavy atom. The highest BCUT2D eigenvalue weighted by Gasteiger charge is 2.50. The normalized spacial score (nSPS) is 20.4. The summed E-state index contributed by atoms with van der Waals surface area (Å²) >= 11 is 5.04. The van der Waals surface area contributed by atoms with Crippen LogP contribution in [0.4, 0.5) is 10.7 Å². The molecule has 1 aliphatic carbocycles. The molecule has 2 aromatic rings. The SMILES string of the molecule is CC(C)(C)NC(=O)O[C@@H]1c2ccccc2CC12CCN(c1ncc(=S)[nH]n1)CC2. The van der Waals surface area contributed by atoms with Gasteiger partial charge in [0, 0.05) is 24.0 Å². The highest BCUT2D eigenvalue weighted by atomic mass is 32.1. The first kappa shape index (κ1) is 19.8. The van der Waals surface area contributed by atoms with Gasteiger partial charge in [0.05, 0.1) is 6.20 Å². The zero-order valence-electron chi connectivity index (χ0n) is 17.1. The third kappa shape index (κ3) is 4.12. The van der Waals surface area contributed by atoms with Crippen molar-refractivity contribution in [2.24, 2.45) is 5.41 Å². The molecule has 7 nitrogen and oxygen atoms in total. The van der Waals surface area contributed by atoms with Gasteiger partial charge in [0.1, 0.15) is 10.7 Å². The molecular formula is C21H27N5O2S. The zero-order chi connectivity index (χ0) is 20.6. The number of nitrogens with zero attached hydrogens (tertiary/aromatic N) is 3. The van der Waals surface area contributed by atoms with Gasteiger partial charge in [0.2, 0.25) is 5.95 Å². The first-order valence-corrected chi connectivity index (χ1v) is 10.4. The largest absolute Gasteiger partial charge is 0.441 e. The molecule has 8 heteroatoms. The summed E-state index contributed by atoms with van der Waals surface area (Å²) in [6, 6.07) is 8.31. The van der Waals surface area contributed by atoms with E-state index in [1.165, 1.54) is 5.56 Å². The summed E-state index contributed by atoms with van der Waals surface area (Å²) in [4.78, 5) is 19.1. The van der Waals surface area contributed by atoms with Gasteiger partial charge in [-0.2, -0.15) is 0 Å². The summed E-state index contributed by atoms with van der Waals surface area (Å²) in [5.74, 6) is 0.659. The number of hydrogen-bond donors (Lipinski definition) is 2. The number of alkyl carbamates (subject to hydrolysis) is 1. The average molecular weight is 414 g/mol. The number of benzene rings is 1. The van der Waals surface area contributed by atoms with Crippen LogP contribution in [0.5, 0.6) is 0 Å². The number of aromatic nitrogens is 3. The minimum absolute atomic E-state index is 0.100. The minimum Gasteiger partial charge on any atom is -0.441 e. The molecule has 2 heterocycles. The lowest BCUT2D eigenvalue weighted by Gasteiger charge is -2.42. The number of ether oxygens (including phenoxy) is 1. The van der Waals surface area contributed by atoms with Gasteiger partial charge in [0.25, 0.3) is 0 Å². The maximum absolute atomic E-state index is 12.6. The van der Waals surface area contributed by atoms with Gasteiger partial charge in [-0.25, -0.2) is 9.78 Å². The van der Waals surface area contributed by atoms with Crippen molar-refractivity contribution in [1.82, 2.24) is 20.5 Å². The number of piperidine rings is 1. The first-order chi connectivity index (χ1) is 13.8. The van der Waals surface area contributed by atoms with E-state index >= 15 is 0 Å². The number of carbonyl (C=O) groups excluding carboxylic acids is 1. The number of aromatic amines is 1. The molecule has 29 heavy (non-hydrogen) atoms. The summed E-state index contributed by atoms with van der Waals surface area (Å²) < 4.78 is 6.56. The smallest absolute Gasteiger partial charge is 0.408 e. The number of H-pyrrole nitrogens is 1. The highest BCUT2D eigenvalue weighted by Crippen LogP contribution is 2.54. The zero-order valence-corrected chi connectivity index (χ0v) is 17.9. The van der Waals surface area contributed by atoms with Crippen LogP contribution in [0.3, 0.4) is 0 Å². The molecule has 0 unspecified atom stereocenters. The summed E-state index contributed by atoms with van der Waals surface area (Å²) in [7, 11) is 0. The third-order valence-electron chi connectivity index (χ3n) is 5.74. The maximum Gasteiger partial charge on any atom is 0.408 e. The van der Waals surface area contributed by atoms with Gasteiger partial charge >= 0.3 is 6.09 Å². The molecule has 1 aromatic carbocycles. The van der Waals surface area contributed by atoms with Crippen molar-refractivity contribution in [2.45, 2.75) is 51.7 Å². The van der Waals surface area contributed by atoms with Crippen LogP contribution in [-0.4, -0.2) is 39.9 Å². The quantitative estimate of drug-likeness (QED) is 0.726. The van der Waals surface area contributed by atoms with Crippen molar-refractivity contribution in [3.63, 3.8) is 0 Å². The van der Waals surface area contributed by atoms with Gasteiger partial charge in [0.15, 0.2) is 0 Å². The van der Waals surface area contributed by atoms with Crippen LogP contribution >= 0.6 is 12.2 Å². The van der Waals surface area contributed by atoms with Gasteiger partial charge in [-0.1, -0.05) is 36.5 Å². The second kappa shape index (κ2) is 7.40. The Kier molecular flexibility index (Phi) is 5.06. The number of hydrogen-bond acceptors (Lipinski definition) is 6. The molecule has 154 valence electrons. The second-order valence-electron chi connectivity index (χ2n) is 9.03. The predicted molar refractivity (Wildman–Crippen MR) is 113 cm³/mol. The molecule has 1 amide bonds. The Balaban J connectivity index is 1.54. The van der Waals surface area contributed by atoms with E-state index in [-0.39, 0.29) is 23.2 Å². The first-order valence-electron chi connectivity index (χ1n) is 9.99. The molecule has 2 aliphatic rings. The standard InChI is InChI=1S/C21H27N5O2S/c1-20(2,3)23-19(27)28-17-15-7-5-4-6-14(15)12-21(17)8-10-26(11-9-21)18-22-13-16(29)24-25-18/h4-7,13,17H,8-12H2,1-3H3,(H,23,27)(H,24,29)/t17-/m1/s1. The van der Waals surface area contributed by atoms with Crippen LogP contribution in [0.25, 0.3) is 0 Å². The molecule has 1 aromatic heterocycles. The van der Waals surface area contributed by atoms with Crippen molar-refractivity contribution in [2.75, 3.05) is 18.0 Å². The fourth-order valence-electron chi connectivity index (χ4n) is 4.41. The summed E-state index contributed by atoms with van der Waals surface area (Å²) in [5, 5.41) is 10.00. The second-order valence-corrected chi connectivity index (χ2v) is 9.47. The molecule has 0 radical (unpaired) electrons. The molecule has 1 spiro atoms. The Morgan fingerprint density at radius 1 is 1.31 bits per heavy atom. The summed E-state index contributed by atoms with van der Waals surface area (Å²) in [6.45, 7) is 7.47. The van der Waals surface area contributed by atoms with E-state index < -0.39 is 0 Å². The number of anilines is 1. The van der Waals surface area contributed by atoms with Crippen LogP contribution < -0.4 is 10.2 Å². The molecular weight excluding hydrogens is 386 g/mol. The third-order valence-corrected chi connectivity index (χ3v) is 5.94. The number of nitrogens with one attached hydrogen (secondary N) is 2. The molecule has 4 rings (SSSR count). The molecule has 1 saturated heterocycles. The molecule has 0 bridgehead atoms. The van der Waals surface area contributed by atoms with Crippen LogP contribution in [0.1, 0.15) is 50.8 Å². The van der Waals surface area contributed by atoms with Gasteiger partial charge in [-0.3, -0.25) is 5.10 Å². The Hall–Kier alpha value is -2.48. The molecule has 2 N–H and O–H groups in total. The number of carbonyl (C=O) groups is 1. The van der Waals surface area contributed by atoms with E-state index in [1.807, 2.05) is 26.8 Å². The van der Waals surface area contributed by atoms with Crippen molar-refractivity contribution in [3.05, 3.63) is 46.2 Å². The van der Waals surface area contributed by atoms with Crippen molar-refractivity contribution in [1.29, 1.82) is 0 Å². The van der Waals surface area contributed by atoms with Gasteiger partial charge < -0.3 is 15.0 Å². The fraction of sp³-hybridized carbons (Fsp3) is 0.524. The molecule has 1 atom stereocenters. The van der Waals surface area contributed by atoms with Gasteiger partial charge in [-0.15, -0.1) is 5.10 Å². The predicted octanol–water partition coefficient (Wildman–Crippen LogP) is 3.94. The van der Waals surface area contributed by atoms with E-state index in [1.54, 1.807) is 6.20 Å². The van der Waals surface area contributed by atoms with Crippen molar-refractivity contribution >= 4 is 24.3 Å². The van der Waals surface area contributed by atoms with Crippen LogP contribution in [0.15, 0.2) is 30.5 Å². The van der Waals surface area contributed by atoms with Crippen molar-refractivity contribution < 1.29 is 9.53 Å². The number of amides is 1. The molecule has 1 fully saturated rings. The molecule has 0 saturated carbocycles. The Bertz CT molecular complexity index is 940. The Morgan fingerprint density at radius 2 is 2.03 bits per heavy atom. The van der Waals surface area contributed by atoms with E-state index in [0.717, 1.165) is 37.9 Å². The van der Waals surface area contributed by atoms with Crippen LogP contribution in [0.2, 0.25) is 0 Å². The fourth-order valence-corrected chi connectivity index (χ4v) is 4.50. The summed E-state index contributed by atoms with van der Waals surface area (Å²) in [6.07, 6.45) is 3.73. The molecule has 1 aliphatic heterocycles. The highest BCUT2D eigenvalue weighted by molar-refractivity contribution is 7.71. The van der Waals surface area contributed by atoms with E-state index in [9.17, 15) is 4.79 Å². The van der Waals surface area contributed by atoms with E-state index in [4.69, 9.17) is 17.0 Å². The van der Waals surface area contributed by atoms with Crippen LogP contribution in [-0.2, 0) is 11.2 Å². The maximum atomic E-state index is 12.6. The summed E-state index contributed by atoms with van der Waals surface area (Å²) in [5.41, 5.74) is 1.97. The van der Waals surface area contributed by atoms with Crippen molar-refractivity contribution in [3.8, 4) is 0 Å². The lowest BCUT2D eigenvalue weighted by molar-refractivity contribution is -0.00253.